The van der Waals surface area contributed by atoms with Crippen molar-refractivity contribution in [1.29, 1.82) is 0 Å². The first-order valence-corrected chi connectivity index (χ1v) is 9.17. The van der Waals surface area contributed by atoms with Gasteiger partial charge in [-0.15, -0.1) is 0 Å². The quantitative estimate of drug-likeness (QED) is 0.289. The molecule has 0 saturated carbocycles. The Morgan fingerprint density at radius 3 is 1.96 bits per heavy atom. The highest BCUT2D eigenvalue weighted by atomic mass is 31.2. The Morgan fingerprint density at radius 2 is 1.54 bits per heavy atom. The van der Waals surface area contributed by atoms with Crippen LogP contribution in [0.2, 0.25) is 0 Å². The molecule has 0 aromatic heterocycles. The summed E-state index contributed by atoms with van der Waals surface area (Å²) in [4.78, 5) is 24.9. The van der Waals surface area contributed by atoms with Crippen LogP contribution in [-0.2, 0) is 23.1 Å². The minimum absolute atomic E-state index is 0.129. The zero-order valence-corrected chi connectivity index (χ0v) is 15.1. The molecule has 134 valence electrons. The van der Waals surface area contributed by atoms with Gasteiger partial charge in [-0.2, -0.15) is 0 Å². The Bertz CT molecular complexity index is 620. The maximum absolute atomic E-state index is 15.6. The molecule has 1 atom stereocenters. The first kappa shape index (κ1) is 20.5. The summed E-state index contributed by atoms with van der Waals surface area (Å²) in [6, 6.07) is 5.83. The molecule has 1 rings (SSSR count). The van der Waals surface area contributed by atoms with Crippen molar-refractivity contribution in [3.63, 3.8) is 0 Å². The molecule has 0 heterocycles. The summed E-state index contributed by atoms with van der Waals surface area (Å²) in [7, 11) is -4.75. The van der Waals surface area contributed by atoms with E-state index in [4.69, 9.17) is 9.05 Å². The lowest BCUT2D eigenvalue weighted by Crippen LogP contribution is -2.44. The number of carbonyl (C=O) groups is 2. The van der Waals surface area contributed by atoms with Gasteiger partial charge in [-0.25, -0.2) is 9.18 Å². The van der Waals surface area contributed by atoms with Crippen molar-refractivity contribution in [2.75, 3.05) is 19.8 Å². The largest absolute Gasteiger partial charge is 0.463 e. The Kier molecular flexibility index (Phi) is 7.27. The SMILES string of the molecule is CCOC(=O)C(F)(C(=O)c1ccc(C)cc1)P(=O)(OCC)OCC. The molecule has 0 aliphatic heterocycles. The van der Waals surface area contributed by atoms with Gasteiger partial charge >= 0.3 is 19.0 Å². The molecule has 0 N–H and O–H groups in total. The van der Waals surface area contributed by atoms with E-state index in [0.29, 0.717) is 0 Å². The number of benzene rings is 1. The molecule has 0 amide bonds. The summed E-state index contributed by atoms with van der Waals surface area (Å²) < 4.78 is 43.0. The lowest BCUT2D eigenvalue weighted by atomic mass is 10.1. The lowest BCUT2D eigenvalue weighted by molar-refractivity contribution is -0.150. The topological polar surface area (TPSA) is 78.9 Å². The average molecular weight is 360 g/mol. The van der Waals surface area contributed by atoms with Crippen molar-refractivity contribution in [2.24, 2.45) is 0 Å². The zero-order chi connectivity index (χ0) is 18.4. The van der Waals surface area contributed by atoms with Crippen LogP contribution in [0.1, 0.15) is 36.7 Å². The maximum atomic E-state index is 15.6. The van der Waals surface area contributed by atoms with Crippen LogP contribution < -0.4 is 0 Å². The molecule has 1 aromatic carbocycles. The zero-order valence-electron chi connectivity index (χ0n) is 14.2. The van der Waals surface area contributed by atoms with Crippen LogP contribution in [0.4, 0.5) is 4.39 Å². The van der Waals surface area contributed by atoms with Crippen molar-refractivity contribution in [3.05, 3.63) is 35.4 Å². The number of alkyl halides is 1. The number of ketones is 1. The van der Waals surface area contributed by atoms with E-state index in [2.05, 4.69) is 4.74 Å². The highest BCUT2D eigenvalue weighted by molar-refractivity contribution is 7.58. The second-order valence-electron chi connectivity index (χ2n) is 4.87. The normalized spacial score (nSPS) is 14.0. The molecule has 8 heteroatoms. The van der Waals surface area contributed by atoms with Gasteiger partial charge in [0.2, 0.25) is 5.78 Å². The van der Waals surface area contributed by atoms with Crippen LogP contribution in [0, 0.1) is 6.92 Å². The van der Waals surface area contributed by atoms with Crippen molar-refractivity contribution < 1.29 is 32.3 Å². The fourth-order valence-electron chi connectivity index (χ4n) is 2.01. The molecule has 24 heavy (non-hydrogen) atoms. The maximum Gasteiger partial charge on any atom is 0.387 e. The van der Waals surface area contributed by atoms with Crippen LogP contribution >= 0.6 is 7.60 Å². The van der Waals surface area contributed by atoms with Gasteiger partial charge in [0, 0.05) is 5.56 Å². The van der Waals surface area contributed by atoms with Crippen molar-refractivity contribution in [3.8, 4) is 0 Å². The molecule has 1 aromatic rings. The fourth-order valence-corrected chi connectivity index (χ4v) is 3.78. The van der Waals surface area contributed by atoms with Crippen LogP contribution in [-0.4, -0.2) is 37.0 Å². The Labute approximate surface area is 140 Å². The van der Waals surface area contributed by atoms with Crippen molar-refractivity contribution >= 4 is 19.3 Å². The highest BCUT2D eigenvalue weighted by Crippen LogP contribution is 2.62. The van der Waals surface area contributed by atoms with E-state index in [1.165, 1.54) is 32.9 Å². The smallest absolute Gasteiger partial charge is 0.387 e. The van der Waals surface area contributed by atoms with Gasteiger partial charge in [0.05, 0.1) is 19.8 Å². The molecule has 0 spiro atoms. The molecular formula is C16H22FO6P. The van der Waals surface area contributed by atoms with Gasteiger partial charge < -0.3 is 13.8 Å². The molecule has 0 fully saturated rings. The molecule has 0 radical (unpaired) electrons. The van der Waals surface area contributed by atoms with Gasteiger partial charge in [0.1, 0.15) is 0 Å². The van der Waals surface area contributed by atoms with E-state index >= 15 is 4.39 Å². The highest BCUT2D eigenvalue weighted by Gasteiger charge is 2.65. The van der Waals surface area contributed by atoms with E-state index < -0.39 is 24.8 Å². The second kappa shape index (κ2) is 8.51. The van der Waals surface area contributed by atoms with Gasteiger partial charge in [-0.05, 0) is 27.7 Å². The lowest BCUT2D eigenvalue weighted by Gasteiger charge is -2.29. The van der Waals surface area contributed by atoms with Gasteiger partial charge in [-0.1, -0.05) is 29.8 Å². The van der Waals surface area contributed by atoms with E-state index in [0.717, 1.165) is 5.56 Å². The minimum atomic E-state index is -4.75. The molecule has 6 nitrogen and oxygen atoms in total. The summed E-state index contributed by atoms with van der Waals surface area (Å²) in [5.74, 6) is -2.90. The van der Waals surface area contributed by atoms with Gasteiger partial charge in [0.25, 0.3) is 0 Å². The summed E-state index contributed by atoms with van der Waals surface area (Å²) in [5, 5.41) is -3.57. The molecule has 0 aliphatic rings. The number of carbonyl (C=O) groups excluding carboxylic acids is 2. The number of halogens is 1. The molecular weight excluding hydrogens is 338 g/mol. The van der Waals surface area contributed by atoms with Crippen molar-refractivity contribution in [2.45, 2.75) is 33.1 Å². The molecule has 0 aliphatic carbocycles. The van der Waals surface area contributed by atoms with E-state index in [9.17, 15) is 14.2 Å². The third-order valence-corrected chi connectivity index (χ3v) is 5.47. The average Bonchev–Trinajstić information content (AvgIpc) is 2.54. The van der Waals surface area contributed by atoms with E-state index in [-0.39, 0.29) is 25.4 Å². The summed E-state index contributed by atoms with van der Waals surface area (Å²) >= 11 is 0. The van der Waals surface area contributed by atoms with Gasteiger partial charge in [-0.3, -0.25) is 9.36 Å². The van der Waals surface area contributed by atoms with Crippen LogP contribution in [0.25, 0.3) is 0 Å². The van der Waals surface area contributed by atoms with E-state index in [1.54, 1.807) is 19.1 Å². The Hall–Kier alpha value is -1.56. The molecule has 0 saturated heterocycles. The van der Waals surface area contributed by atoms with Crippen molar-refractivity contribution in [1.82, 2.24) is 0 Å². The Balaban J connectivity index is 3.47. The van der Waals surface area contributed by atoms with Crippen LogP contribution in [0.5, 0.6) is 0 Å². The summed E-state index contributed by atoms with van der Waals surface area (Å²) in [6.07, 6.45) is 0. The number of esters is 1. The molecule has 1 unspecified atom stereocenters. The number of hydrogen-bond donors (Lipinski definition) is 0. The Morgan fingerprint density at radius 1 is 1.04 bits per heavy atom. The summed E-state index contributed by atoms with van der Waals surface area (Å²) in [6.45, 7) is 5.53. The minimum Gasteiger partial charge on any atom is -0.463 e. The summed E-state index contributed by atoms with van der Waals surface area (Å²) in [5.41, 5.74) is 0.709. The third kappa shape index (κ3) is 3.91. The fraction of sp³-hybridized carbons (Fsp3) is 0.500. The standard InChI is InChI=1S/C16H22FO6P/c1-5-21-15(19)16(17,24(20,22-6-2)23-7-3)14(18)13-10-8-12(4)9-11-13/h8-11H,5-7H2,1-4H3. The first-order chi connectivity index (χ1) is 11.3. The predicted molar refractivity (Wildman–Crippen MR) is 86.8 cm³/mol. The van der Waals surface area contributed by atoms with Crippen LogP contribution in [0.15, 0.2) is 24.3 Å². The number of Topliss-reactive ketones (excluding diaryl/α,β-unsaturated/α-hetero) is 1. The number of ether oxygens (including phenoxy) is 1. The number of rotatable bonds is 9. The number of hydrogen-bond acceptors (Lipinski definition) is 6. The predicted octanol–water partition coefficient (Wildman–Crippen LogP) is 3.67. The molecule has 0 bridgehead atoms. The monoisotopic (exact) mass is 360 g/mol. The first-order valence-electron chi connectivity index (χ1n) is 7.63. The van der Waals surface area contributed by atoms with Gasteiger partial charge in [0.15, 0.2) is 0 Å². The van der Waals surface area contributed by atoms with Crippen LogP contribution in [0.3, 0.4) is 0 Å². The van der Waals surface area contributed by atoms with E-state index in [1.807, 2.05) is 0 Å². The third-order valence-electron chi connectivity index (χ3n) is 3.14. The number of aryl methyl sites for hydroxylation is 1. The second-order valence-corrected chi connectivity index (χ2v) is 7.00.